The van der Waals surface area contributed by atoms with Gasteiger partial charge in [-0.15, -0.1) is 0 Å². The molecule has 2 aromatic heterocycles. The lowest BCUT2D eigenvalue weighted by Gasteiger charge is -2.37. The van der Waals surface area contributed by atoms with Crippen LogP contribution in [0.25, 0.3) is 5.65 Å². The van der Waals surface area contributed by atoms with Gasteiger partial charge in [0.1, 0.15) is 5.82 Å². The minimum Gasteiger partial charge on any atom is -0.365 e. The second-order valence-corrected chi connectivity index (χ2v) is 7.44. The summed E-state index contributed by atoms with van der Waals surface area (Å²) in [5.74, 6) is 1.03. The molecule has 1 amide bonds. The molecule has 7 nitrogen and oxygen atoms in total. The zero-order valence-corrected chi connectivity index (χ0v) is 15.9. The van der Waals surface area contributed by atoms with Crippen molar-refractivity contribution in [3.63, 3.8) is 0 Å². The molecule has 0 aliphatic carbocycles. The van der Waals surface area contributed by atoms with Crippen LogP contribution in [0.3, 0.4) is 0 Å². The van der Waals surface area contributed by atoms with E-state index in [2.05, 4.69) is 33.2 Å². The third-order valence-corrected chi connectivity index (χ3v) is 5.58. The Balaban J connectivity index is 1.36. The Bertz CT molecular complexity index is 1030. The van der Waals surface area contributed by atoms with E-state index in [9.17, 15) is 4.79 Å². The Morgan fingerprint density at radius 1 is 1.18 bits per heavy atom. The van der Waals surface area contributed by atoms with Crippen molar-refractivity contribution >= 4 is 17.4 Å². The number of benzene rings is 1. The van der Waals surface area contributed by atoms with Crippen LogP contribution in [-0.4, -0.2) is 57.8 Å². The second kappa shape index (κ2) is 6.91. The predicted octanol–water partition coefficient (Wildman–Crippen LogP) is 1.83. The van der Waals surface area contributed by atoms with E-state index in [1.54, 1.807) is 6.20 Å². The average Bonchev–Trinajstić information content (AvgIpc) is 3.20. The topological polar surface area (TPSA) is 63.0 Å². The standard InChI is InChI=1S/C21H23N5O2/c1-15-12-20(26-19(23-15)6-8-22-26)24-10-11-28-18(14-24)21(27)25-9-7-16-4-2-3-5-17(16)13-25/h2-6,8,12,18H,7,9-11,13-14H2,1H3. The number of aromatic nitrogens is 3. The number of amides is 1. The molecule has 0 bridgehead atoms. The van der Waals surface area contributed by atoms with Gasteiger partial charge in [0.2, 0.25) is 0 Å². The van der Waals surface area contributed by atoms with Gasteiger partial charge >= 0.3 is 0 Å². The fourth-order valence-electron chi connectivity index (χ4n) is 4.14. The summed E-state index contributed by atoms with van der Waals surface area (Å²) < 4.78 is 7.71. The monoisotopic (exact) mass is 377 g/mol. The summed E-state index contributed by atoms with van der Waals surface area (Å²) in [4.78, 5) is 21.8. The molecule has 144 valence electrons. The van der Waals surface area contributed by atoms with Crippen LogP contribution in [0, 0.1) is 6.92 Å². The molecule has 0 N–H and O–H groups in total. The van der Waals surface area contributed by atoms with Crippen LogP contribution in [0.1, 0.15) is 16.8 Å². The van der Waals surface area contributed by atoms with E-state index < -0.39 is 6.10 Å². The Hall–Kier alpha value is -2.93. The third-order valence-electron chi connectivity index (χ3n) is 5.58. The zero-order valence-electron chi connectivity index (χ0n) is 15.9. The van der Waals surface area contributed by atoms with E-state index in [1.165, 1.54) is 11.1 Å². The lowest BCUT2D eigenvalue weighted by molar-refractivity contribution is -0.145. The number of ether oxygens (including phenoxy) is 1. The van der Waals surface area contributed by atoms with Crippen molar-refractivity contribution < 1.29 is 9.53 Å². The smallest absolute Gasteiger partial charge is 0.253 e. The number of nitrogens with zero attached hydrogens (tertiary/aromatic N) is 5. The first-order valence-electron chi connectivity index (χ1n) is 9.72. The van der Waals surface area contributed by atoms with Crippen LogP contribution in [0.5, 0.6) is 0 Å². The lowest BCUT2D eigenvalue weighted by atomic mass is 9.99. The van der Waals surface area contributed by atoms with Crippen molar-refractivity contribution in [2.45, 2.75) is 26.0 Å². The zero-order chi connectivity index (χ0) is 19.1. The molecule has 0 saturated carbocycles. The summed E-state index contributed by atoms with van der Waals surface area (Å²) in [6.07, 6.45) is 2.19. The van der Waals surface area contributed by atoms with Gasteiger partial charge in [0.15, 0.2) is 11.8 Å². The average molecular weight is 377 g/mol. The molecule has 1 atom stereocenters. The molecule has 1 aromatic carbocycles. The molecule has 3 aromatic rings. The lowest BCUT2D eigenvalue weighted by Crippen LogP contribution is -2.52. The summed E-state index contributed by atoms with van der Waals surface area (Å²) >= 11 is 0. The number of hydrogen-bond acceptors (Lipinski definition) is 5. The van der Waals surface area contributed by atoms with Gasteiger partial charge in [-0.3, -0.25) is 4.79 Å². The van der Waals surface area contributed by atoms with Gasteiger partial charge < -0.3 is 14.5 Å². The van der Waals surface area contributed by atoms with Crippen molar-refractivity contribution in [2.75, 3.05) is 31.1 Å². The Morgan fingerprint density at radius 2 is 2.04 bits per heavy atom. The van der Waals surface area contributed by atoms with Gasteiger partial charge in [-0.05, 0) is 24.5 Å². The first kappa shape index (κ1) is 17.2. The molecule has 1 fully saturated rings. The van der Waals surface area contributed by atoms with Gasteiger partial charge in [-0.1, -0.05) is 24.3 Å². The van der Waals surface area contributed by atoms with E-state index in [-0.39, 0.29) is 5.91 Å². The Kier molecular flexibility index (Phi) is 4.24. The highest BCUT2D eigenvalue weighted by Gasteiger charge is 2.32. The van der Waals surface area contributed by atoms with E-state index in [0.29, 0.717) is 19.7 Å². The fraction of sp³-hybridized carbons (Fsp3) is 0.381. The molecule has 5 rings (SSSR count). The summed E-state index contributed by atoms with van der Waals surface area (Å²) in [7, 11) is 0. The third kappa shape index (κ3) is 3.01. The minimum absolute atomic E-state index is 0.0710. The molecule has 4 heterocycles. The van der Waals surface area contributed by atoms with Crippen molar-refractivity contribution in [3.05, 3.63) is 59.4 Å². The highest BCUT2D eigenvalue weighted by molar-refractivity contribution is 5.82. The second-order valence-electron chi connectivity index (χ2n) is 7.44. The number of carbonyl (C=O) groups is 1. The maximum Gasteiger partial charge on any atom is 0.253 e. The number of carbonyl (C=O) groups excluding carboxylic acids is 1. The van der Waals surface area contributed by atoms with E-state index in [1.807, 2.05) is 34.5 Å². The summed E-state index contributed by atoms with van der Waals surface area (Å²) in [5.41, 5.74) is 4.32. The maximum atomic E-state index is 13.2. The highest BCUT2D eigenvalue weighted by Crippen LogP contribution is 2.23. The summed E-state index contributed by atoms with van der Waals surface area (Å²) in [6.45, 7) is 5.15. The van der Waals surface area contributed by atoms with Crippen LogP contribution >= 0.6 is 0 Å². The van der Waals surface area contributed by atoms with Crippen molar-refractivity contribution in [2.24, 2.45) is 0 Å². The first-order valence-corrected chi connectivity index (χ1v) is 9.72. The van der Waals surface area contributed by atoms with Crippen molar-refractivity contribution in [1.29, 1.82) is 0 Å². The molecule has 1 unspecified atom stereocenters. The van der Waals surface area contributed by atoms with E-state index >= 15 is 0 Å². The number of rotatable bonds is 2. The molecule has 7 heteroatoms. The van der Waals surface area contributed by atoms with E-state index in [4.69, 9.17) is 4.74 Å². The number of anilines is 1. The van der Waals surface area contributed by atoms with Crippen LogP contribution in [0.15, 0.2) is 42.6 Å². The SMILES string of the molecule is Cc1cc(N2CCOC(C(=O)N3CCc4ccccc4C3)C2)n2nccc2n1. The minimum atomic E-state index is -0.460. The number of fused-ring (bicyclic) bond motifs is 2. The van der Waals surface area contributed by atoms with Crippen LogP contribution in [0.4, 0.5) is 5.82 Å². The van der Waals surface area contributed by atoms with Crippen LogP contribution < -0.4 is 4.90 Å². The first-order chi connectivity index (χ1) is 13.7. The van der Waals surface area contributed by atoms with Gasteiger partial charge in [-0.25, -0.2) is 4.98 Å². The molecule has 2 aliphatic rings. The van der Waals surface area contributed by atoms with Gasteiger partial charge in [0.05, 0.1) is 19.3 Å². The Morgan fingerprint density at radius 3 is 2.93 bits per heavy atom. The van der Waals surface area contributed by atoms with Crippen molar-refractivity contribution in [1.82, 2.24) is 19.5 Å². The molecular formula is C21H23N5O2. The fourth-order valence-corrected chi connectivity index (χ4v) is 4.14. The van der Waals surface area contributed by atoms with Crippen LogP contribution in [-0.2, 0) is 22.5 Å². The molecule has 2 aliphatic heterocycles. The number of morpholine rings is 1. The van der Waals surface area contributed by atoms with E-state index in [0.717, 1.165) is 36.7 Å². The summed E-state index contributed by atoms with van der Waals surface area (Å²) in [6, 6.07) is 12.3. The summed E-state index contributed by atoms with van der Waals surface area (Å²) in [5, 5.41) is 4.40. The highest BCUT2D eigenvalue weighted by atomic mass is 16.5. The normalized spacial score (nSPS) is 19.7. The van der Waals surface area contributed by atoms with Crippen molar-refractivity contribution in [3.8, 4) is 0 Å². The molecular weight excluding hydrogens is 354 g/mol. The quantitative estimate of drug-likeness (QED) is 0.682. The maximum absolute atomic E-state index is 13.2. The van der Waals surface area contributed by atoms with Gasteiger partial charge in [-0.2, -0.15) is 9.61 Å². The molecule has 1 saturated heterocycles. The Labute approximate surface area is 163 Å². The van der Waals surface area contributed by atoms with Gasteiger partial charge in [0, 0.05) is 37.5 Å². The molecule has 0 radical (unpaired) electrons. The van der Waals surface area contributed by atoms with Gasteiger partial charge in [0.25, 0.3) is 5.91 Å². The molecule has 0 spiro atoms. The largest absolute Gasteiger partial charge is 0.365 e. The molecule has 28 heavy (non-hydrogen) atoms. The van der Waals surface area contributed by atoms with Crippen LogP contribution in [0.2, 0.25) is 0 Å². The number of hydrogen-bond donors (Lipinski definition) is 0. The predicted molar refractivity (Wildman–Crippen MR) is 105 cm³/mol. The number of aryl methyl sites for hydroxylation is 1.